The van der Waals surface area contributed by atoms with Crippen LogP contribution in [0.4, 0.5) is 11.5 Å². The number of pyridine rings is 1. The second-order valence-corrected chi connectivity index (χ2v) is 6.79. The smallest absolute Gasteiger partial charge is 0.131 e. The number of morpholine rings is 1. The highest BCUT2D eigenvalue weighted by Crippen LogP contribution is 2.32. The lowest BCUT2D eigenvalue weighted by Gasteiger charge is -2.34. The van der Waals surface area contributed by atoms with Gasteiger partial charge in [0.05, 0.1) is 18.7 Å². The first-order valence-electron chi connectivity index (χ1n) is 8.79. The molecule has 0 saturated carbocycles. The van der Waals surface area contributed by atoms with E-state index < -0.39 is 0 Å². The van der Waals surface area contributed by atoms with Crippen molar-refractivity contribution >= 4 is 22.4 Å². The minimum Gasteiger partial charge on any atom is -0.378 e. The zero-order valence-electron chi connectivity index (χ0n) is 13.9. The van der Waals surface area contributed by atoms with Crippen LogP contribution >= 0.6 is 0 Å². The summed E-state index contributed by atoms with van der Waals surface area (Å²) in [7, 11) is 0. The van der Waals surface area contributed by atoms with Crippen molar-refractivity contribution in [1.29, 1.82) is 0 Å². The van der Waals surface area contributed by atoms with E-state index in [0.29, 0.717) is 0 Å². The number of para-hydroxylation sites is 1. The van der Waals surface area contributed by atoms with Gasteiger partial charge in [0.2, 0.25) is 0 Å². The number of hydrogen-bond donors (Lipinski definition) is 0. The number of hydrogen-bond acceptors (Lipinski definition) is 4. The minimum absolute atomic E-state index is 0.813. The fourth-order valence-corrected chi connectivity index (χ4v) is 3.61. The Hall–Kier alpha value is -1.81. The van der Waals surface area contributed by atoms with Crippen LogP contribution in [0.25, 0.3) is 10.9 Å². The van der Waals surface area contributed by atoms with Crippen LogP contribution in [0.1, 0.15) is 19.8 Å². The lowest BCUT2D eigenvalue weighted by Crippen LogP contribution is -2.37. The van der Waals surface area contributed by atoms with Crippen LogP contribution in [0.5, 0.6) is 0 Å². The van der Waals surface area contributed by atoms with Gasteiger partial charge in [0, 0.05) is 43.3 Å². The van der Waals surface area contributed by atoms with Gasteiger partial charge in [0.1, 0.15) is 5.82 Å². The molecule has 0 radical (unpaired) electrons. The highest BCUT2D eigenvalue weighted by Gasteiger charge is 2.20. The summed E-state index contributed by atoms with van der Waals surface area (Å²) in [5.41, 5.74) is 2.41. The average molecular weight is 311 g/mol. The molecule has 2 fully saturated rings. The van der Waals surface area contributed by atoms with Gasteiger partial charge < -0.3 is 14.5 Å². The number of piperidine rings is 1. The molecule has 0 spiro atoms. The standard InChI is InChI=1S/C19H25N3O/c1-15-6-8-22(9-7-15)19-14-18(21-10-12-23-13-11-21)16-4-2-3-5-17(16)20-19/h2-5,14-15H,6-13H2,1H3. The van der Waals surface area contributed by atoms with Gasteiger partial charge in [-0.2, -0.15) is 0 Å². The molecule has 2 saturated heterocycles. The summed E-state index contributed by atoms with van der Waals surface area (Å²) in [6.07, 6.45) is 2.53. The molecule has 1 aromatic carbocycles. The molecular weight excluding hydrogens is 286 g/mol. The molecular formula is C19H25N3O. The predicted octanol–water partition coefficient (Wildman–Crippen LogP) is 3.31. The molecule has 23 heavy (non-hydrogen) atoms. The molecule has 0 unspecified atom stereocenters. The van der Waals surface area contributed by atoms with Crippen LogP contribution in [-0.2, 0) is 4.74 Å². The summed E-state index contributed by atoms with van der Waals surface area (Å²) in [6.45, 7) is 8.14. The monoisotopic (exact) mass is 311 g/mol. The summed E-state index contributed by atoms with van der Waals surface area (Å²) in [5, 5.41) is 1.25. The number of benzene rings is 1. The molecule has 1 aromatic heterocycles. The van der Waals surface area contributed by atoms with Crippen molar-refractivity contribution in [2.45, 2.75) is 19.8 Å². The van der Waals surface area contributed by atoms with Gasteiger partial charge in [0.25, 0.3) is 0 Å². The van der Waals surface area contributed by atoms with Gasteiger partial charge in [-0.25, -0.2) is 4.98 Å². The minimum atomic E-state index is 0.813. The van der Waals surface area contributed by atoms with Crippen LogP contribution in [0.2, 0.25) is 0 Å². The molecule has 0 bridgehead atoms. The number of ether oxygens (including phenoxy) is 1. The summed E-state index contributed by atoms with van der Waals surface area (Å²) in [5.74, 6) is 1.97. The summed E-state index contributed by atoms with van der Waals surface area (Å²) >= 11 is 0. The van der Waals surface area contributed by atoms with E-state index in [0.717, 1.165) is 56.6 Å². The highest BCUT2D eigenvalue weighted by atomic mass is 16.5. The molecule has 0 N–H and O–H groups in total. The average Bonchev–Trinajstić information content (AvgIpc) is 2.62. The van der Waals surface area contributed by atoms with E-state index in [4.69, 9.17) is 9.72 Å². The molecule has 0 amide bonds. The zero-order chi connectivity index (χ0) is 15.6. The zero-order valence-corrected chi connectivity index (χ0v) is 13.9. The first-order chi connectivity index (χ1) is 11.3. The SMILES string of the molecule is CC1CCN(c2cc(N3CCOCC3)c3ccccc3n2)CC1. The van der Waals surface area contributed by atoms with E-state index >= 15 is 0 Å². The highest BCUT2D eigenvalue weighted by molar-refractivity contribution is 5.93. The lowest BCUT2D eigenvalue weighted by molar-refractivity contribution is 0.123. The Morgan fingerprint density at radius 3 is 2.52 bits per heavy atom. The van der Waals surface area contributed by atoms with Crippen molar-refractivity contribution in [2.75, 3.05) is 49.2 Å². The van der Waals surface area contributed by atoms with Gasteiger partial charge in [-0.1, -0.05) is 25.1 Å². The molecule has 0 atom stereocenters. The van der Waals surface area contributed by atoms with Crippen LogP contribution < -0.4 is 9.80 Å². The van der Waals surface area contributed by atoms with Crippen molar-refractivity contribution < 1.29 is 4.74 Å². The van der Waals surface area contributed by atoms with Crippen LogP contribution in [0, 0.1) is 5.92 Å². The molecule has 2 aliphatic rings. The predicted molar refractivity (Wildman–Crippen MR) is 95.4 cm³/mol. The Balaban J connectivity index is 1.74. The van der Waals surface area contributed by atoms with E-state index in [-0.39, 0.29) is 0 Å². The van der Waals surface area contributed by atoms with Gasteiger partial charge in [0.15, 0.2) is 0 Å². The van der Waals surface area contributed by atoms with E-state index in [2.05, 4.69) is 47.1 Å². The van der Waals surface area contributed by atoms with Crippen molar-refractivity contribution in [3.05, 3.63) is 30.3 Å². The topological polar surface area (TPSA) is 28.6 Å². The normalized spacial score (nSPS) is 20.2. The molecule has 4 heteroatoms. The summed E-state index contributed by atoms with van der Waals surface area (Å²) < 4.78 is 5.52. The molecule has 2 aromatic rings. The maximum atomic E-state index is 5.52. The molecule has 0 aliphatic carbocycles. The fourth-order valence-electron chi connectivity index (χ4n) is 3.61. The van der Waals surface area contributed by atoms with Crippen LogP contribution in [-0.4, -0.2) is 44.4 Å². The maximum Gasteiger partial charge on any atom is 0.131 e. The third kappa shape index (κ3) is 3.00. The number of anilines is 2. The van der Waals surface area contributed by atoms with Crippen molar-refractivity contribution in [3.63, 3.8) is 0 Å². The third-order valence-corrected chi connectivity index (χ3v) is 5.14. The Bertz CT molecular complexity index is 673. The Kier molecular flexibility index (Phi) is 4.08. The van der Waals surface area contributed by atoms with Crippen LogP contribution in [0.3, 0.4) is 0 Å². The van der Waals surface area contributed by atoms with Gasteiger partial charge >= 0.3 is 0 Å². The quantitative estimate of drug-likeness (QED) is 0.851. The number of aromatic nitrogens is 1. The largest absolute Gasteiger partial charge is 0.378 e. The second-order valence-electron chi connectivity index (χ2n) is 6.79. The molecule has 2 aliphatic heterocycles. The Morgan fingerprint density at radius 2 is 1.74 bits per heavy atom. The molecule has 4 nitrogen and oxygen atoms in total. The summed E-state index contributed by atoms with van der Waals surface area (Å²) in [4.78, 5) is 9.85. The van der Waals surface area contributed by atoms with Crippen molar-refractivity contribution in [2.24, 2.45) is 5.92 Å². The third-order valence-electron chi connectivity index (χ3n) is 5.14. The first kappa shape index (κ1) is 14.8. The molecule has 3 heterocycles. The number of rotatable bonds is 2. The van der Waals surface area contributed by atoms with E-state index in [9.17, 15) is 0 Å². The van der Waals surface area contributed by atoms with Crippen molar-refractivity contribution in [1.82, 2.24) is 4.98 Å². The fraction of sp³-hybridized carbons (Fsp3) is 0.526. The lowest BCUT2D eigenvalue weighted by atomic mass is 9.99. The van der Waals surface area contributed by atoms with Crippen LogP contribution in [0.15, 0.2) is 30.3 Å². The number of nitrogens with zero attached hydrogens (tertiary/aromatic N) is 3. The Morgan fingerprint density at radius 1 is 1.00 bits per heavy atom. The maximum absolute atomic E-state index is 5.52. The van der Waals surface area contributed by atoms with Crippen molar-refractivity contribution in [3.8, 4) is 0 Å². The second kappa shape index (κ2) is 6.36. The molecule has 4 rings (SSSR count). The summed E-state index contributed by atoms with van der Waals surface area (Å²) in [6, 6.07) is 10.8. The van der Waals surface area contributed by atoms with Gasteiger partial charge in [-0.3, -0.25) is 0 Å². The first-order valence-corrected chi connectivity index (χ1v) is 8.79. The number of fused-ring (bicyclic) bond motifs is 1. The van der Waals surface area contributed by atoms with E-state index in [1.54, 1.807) is 0 Å². The van der Waals surface area contributed by atoms with Gasteiger partial charge in [-0.05, 0) is 24.8 Å². The van der Waals surface area contributed by atoms with E-state index in [1.807, 2.05) is 0 Å². The molecule has 122 valence electrons. The van der Waals surface area contributed by atoms with Gasteiger partial charge in [-0.15, -0.1) is 0 Å². The Labute approximate surface area is 138 Å². The van der Waals surface area contributed by atoms with E-state index in [1.165, 1.54) is 23.9 Å².